The maximum atomic E-state index is 12.8. The van der Waals surface area contributed by atoms with Gasteiger partial charge in [0.15, 0.2) is 0 Å². The summed E-state index contributed by atoms with van der Waals surface area (Å²) in [6.07, 6.45) is 2.53. The van der Waals surface area contributed by atoms with E-state index in [4.69, 9.17) is 9.97 Å². The van der Waals surface area contributed by atoms with E-state index in [1.54, 1.807) is 19.0 Å². The third kappa shape index (κ3) is 4.35. The number of benzene rings is 1. The van der Waals surface area contributed by atoms with Crippen LogP contribution in [0.15, 0.2) is 30.3 Å². The van der Waals surface area contributed by atoms with Crippen LogP contribution in [0.2, 0.25) is 0 Å². The highest BCUT2D eigenvalue weighted by molar-refractivity contribution is 7.86. The molecule has 1 aromatic carbocycles. The SMILES string of the molecule is Cc1nc([C@@H]2CCN(S(=O)(=O)N(C)C)C2)nc2c1CCC(=O)N2CCc1ccccc1. The maximum Gasteiger partial charge on any atom is 0.281 e. The zero-order valence-corrected chi connectivity index (χ0v) is 19.1. The first-order chi connectivity index (χ1) is 14.8. The average Bonchev–Trinajstić information content (AvgIpc) is 3.24. The number of carbonyl (C=O) groups is 1. The molecule has 9 heteroatoms. The number of fused-ring (bicyclic) bond motifs is 1. The number of hydrogen-bond acceptors (Lipinski definition) is 5. The van der Waals surface area contributed by atoms with Crippen LogP contribution in [0.4, 0.5) is 5.82 Å². The quantitative estimate of drug-likeness (QED) is 0.681. The standard InChI is InChI=1S/C22H29N5O3S/c1-16-19-9-10-20(28)27(14-11-17-7-5-4-6-8-17)22(19)24-21(23-16)18-12-13-26(15-18)31(29,30)25(2)3/h4-8,18H,9-15H2,1-3H3/t18-/m1/s1. The molecule has 0 N–H and O–H groups in total. The number of anilines is 1. The van der Waals surface area contributed by atoms with Gasteiger partial charge in [0, 0.05) is 57.3 Å². The number of aromatic nitrogens is 2. The second-order valence-corrected chi connectivity index (χ2v) is 10.5. The van der Waals surface area contributed by atoms with E-state index in [0.29, 0.717) is 50.5 Å². The molecule has 1 amide bonds. The molecule has 0 spiro atoms. The highest BCUT2D eigenvalue weighted by atomic mass is 32.2. The molecule has 0 unspecified atom stereocenters. The topological polar surface area (TPSA) is 86.7 Å². The van der Waals surface area contributed by atoms with Gasteiger partial charge in [0.2, 0.25) is 5.91 Å². The van der Waals surface area contributed by atoms with Crippen LogP contribution in [-0.4, -0.2) is 66.6 Å². The van der Waals surface area contributed by atoms with Gasteiger partial charge in [-0.3, -0.25) is 9.69 Å². The van der Waals surface area contributed by atoms with Crippen LogP contribution in [0, 0.1) is 6.92 Å². The first kappa shape index (κ1) is 21.9. The van der Waals surface area contributed by atoms with Gasteiger partial charge in [0.1, 0.15) is 11.6 Å². The van der Waals surface area contributed by atoms with E-state index in [1.165, 1.54) is 14.2 Å². The zero-order valence-electron chi connectivity index (χ0n) is 18.3. The van der Waals surface area contributed by atoms with Crippen molar-refractivity contribution in [2.24, 2.45) is 0 Å². The van der Waals surface area contributed by atoms with E-state index in [1.807, 2.05) is 25.1 Å². The summed E-state index contributed by atoms with van der Waals surface area (Å²) in [4.78, 5) is 24.1. The molecule has 8 nitrogen and oxygen atoms in total. The molecule has 31 heavy (non-hydrogen) atoms. The number of hydrogen-bond donors (Lipinski definition) is 0. The summed E-state index contributed by atoms with van der Waals surface area (Å²) in [6, 6.07) is 10.1. The van der Waals surface area contributed by atoms with Gasteiger partial charge in [-0.05, 0) is 31.7 Å². The molecule has 2 aliphatic heterocycles. The van der Waals surface area contributed by atoms with E-state index >= 15 is 0 Å². The van der Waals surface area contributed by atoms with Crippen molar-refractivity contribution in [2.75, 3.05) is 38.6 Å². The van der Waals surface area contributed by atoms with Crippen LogP contribution >= 0.6 is 0 Å². The number of rotatable bonds is 6. The van der Waals surface area contributed by atoms with Crippen LogP contribution < -0.4 is 4.90 Å². The van der Waals surface area contributed by atoms with Crippen LogP contribution in [0.1, 0.15) is 41.4 Å². The minimum atomic E-state index is -3.46. The lowest BCUT2D eigenvalue weighted by molar-refractivity contribution is -0.118. The van der Waals surface area contributed by atoms with E-state index in [9.17, 15) is 13.2 Å². The normalized spacial score (nSPS) is 19.8. The Labute approximate surface area is 184 Å². The van der Waals surface area contributed by atoms with Gasteiger partial charge in [0.25, 0.3) is 10.2 Å². The zero-order chi connectivity index (χ0) is 22.2. The van der Waals surface area contributed by atoms with Gasteiger partial charge < -0.3 is 0 Å². The Morgan fingerprint density at radius 3 is 2.58 bits per heavy atom. The first-order valence-electron chi connectivity index (χ1n) is 10.7. The van der Waals surface area contributed by atoms with Crippen molar-refractivity contribution >= 4 is 21.9 Å². The van der Waals surface area contributed by atoms with Gasteiger partial charge in [-0.25, -0.2) is 9.97 Å². The second kappa shape index (κ2) is 8.64. The molecule has 0 bridgehead atoms. The van der Waals surface area contributed by atoms with Crippen molar-refractivity contribution in [2.45, 2.75) is 38.5 Å². The van der Waals surface area contributed by atoms with Gasteiger partial charge in [-0.1, -0.05) is 30.3 Å². The third-order valence-corrected chi connectivity index (χ3v) is 8.03. The molecular weight excluding hydrogens is 414 g/mol. The Morgan fingerprint density at radius 2 is 1.87 bits per heavy atom. The lowest BCUT2D eigenvalue weighted by atomic mass is 10.0. The first-order valence-corrected chi connectivity index (χ1v) is 12.1. The molecule has 1 saturated heterocycles. The lowest BCUT2D eigenvalue weighted by Gasteiger charge is -2.30. The molecule has 3 heterocycles. The Morgan fingerprint density at radius 1 is 1.13 bits per heavy atom. The van der Waals surface area contributed by atoms with Crippen molar-refractivity contribution in [3.8, 4) is 0 Å². The number of nitrogens with zero attached hydrogens (tertiary/aromatic N) is 5. The number of carbonyl (C=O) groups excluding carboxylic acids is 1. The fourth-order valence-electron chi connectivity index (χ4n) is 4.28. The fraction of sp³-hybridized carbons (Fsp3) is 0.500. The Bertz CT molecular complexity index is 1070. The lowest BCUT2D eigenvalue weighted by Crippen LogP contribution is -2.39. The molecule has 0 radical (unpaired) electrons. The van der Waals surface area contributed by atoms with Gasteiger partial charge in [0.05, 0.1) is 0 Å². The summed E-state index contributed by atoms with van der Waals surface area (Å²) in [6.45, 7) is 3.33. The Kier molecular flexibility index (Phi) is 6.09. The molecule has 1 atom stereocenters. The van der Waals surface area contributed by atoms with Crippen molar-refractivity contribution < 1.29 is 13.2 Å². The predicted molar refractivity (Wildman–Crippen MR) is 119 cm³/mol. The smallest absolute Gasteiger partial charge is 0.281 e. The molecule has 1 aromatic heterocycles. The molecule has 1 fully saturated rings. The molecular formula is C22H29N5O3S. The number of amides is 1. The molecule has 0 aliphatic carbocycles. The van der Waals surface area contributed by atoms with E-state index in [0.717, 1.165) is 17.7 Å². The maximum absolute atomic E-state index is 12.8. The van der Waals surface area contributed by atoms with Crippen molar-refractivity contribution in [3.05, 3.63) is 53.0 Å². The van der Waals surface area contributed by atoms with Crippen LogP contribution in [0.3, 0.4) is 0 Å². The monoisotopic (exact) mass is 443 g/mol. The molecule has 0 saturated carbocycles. The van der Waals surface area contributed by atoms with Crippen molar-refractivity contribution in [1.29, 1.82) is 0 Å². The number of aryl methyl sites for hydroxylation is 1. The van der Waals surface area contributed by atoms with E-state index < -0.39 is 10.2 Å². The Balaban J connectivity index is 1.59. The summed E-state index contributed by atoms with van der Waals surface area (Å²) >= 11 is 0. The molecule has 2 aliphatic rings. The average molecular weight is 444 g/mol. The Hall–Kier alpha value is -2.36. The summed E-state index contributed by atoms with van der Waals surface area (Å²) in [5.41, 5.74) is 3.08. The summed E-state index contributed by atoms with van der Waals surface area (Å²) < 4.78 is 27.7. The summed E-state index contributed by atoms with van der Waals surface area (Å²) in [5.74, 6) is 1.33. The molecule has 2 aromatic rings. The predicted octanol–water partition coefficient (Wildman–Crippen LogP) is 1.90. The largest absolute Gasteiger partial charge is 0.296 e. The molecule has 166 valence electrons. The third-order valence-electron chi connectivity index (χ3n) is 6.13. The summed E-state index contributed by atoms with van der Waals surface area (Å²) in [5, 5.41) is 0. The highest BCUT2D eigenvalue weighted by Gasteiger charge is 2.36. The van der Waals surface area contributed by atoms with E-state index in [-0.39, 0.29) is 11.8 Å². The summed E-state index contributed by atoms with van der Waals surface area (Å²) in [7, 11) is -0.377. The minimum Gasteiger partial charge on any atom is -0.296 e. The van der Waals surface area contributed by atoms with Gasteiger partial charge >= 0.3 is 0 Å². The second-order valence-electron chi connectivity index (χ2n) is 8.38. The van der Waals surface area contributed by atoms with Crippen LogP contribution in [0.25, 0.3) is 0 Å². The van der Waals surface area contributed by atoms with Gasteiger partial charge in [-0.2, -0.15) is 17.0 Å². The minimum absolute atomic E-state index is 0.0771. The van der Waals surface area contributed by atoms with Gasteiger partial charge in [-0.15, -0.1) is 0 Å². The fourth-order valence-corrected chi connectivity index (χ4v) is 5.45. The van der Waals surface area contributed by atoms with E-state index in [2.05, 4.69) is 12.1 Å². The molecule has 4 rings (SSSR count). The van der Waals surface area contributed by atoms with Crippen molar-refractivity contribution in [3.63, 3.8) is 0 Å². The van der Waals surface area contributed by atoms with Crippen LogP contribution in [-0.2, 0) is 27.8 Å². The van der Waals surface area contributed by atoms with Crippen LogP contribution in [0.5, 0.6) is 0 Å². The van der Waals surface area contributed by atoms with Crippen molar-refractivity contribution in [1.82, 2.24) is 18.6 Å². The highest BCUT2D eigenvalue weighted by Crippen LogP contribution is 2.33.